The summed E-state index contributed by atoms with van der Waals surface area (Å²) in [6, 6.07) is 4.27. The van der Waals surface area contributed by atoms with Crippen molar-refractivity contribution in [1.82, 2.24) is 19.8 Å². The number of pyridine rings is 1. The molecule has 22 heavy (non-hydrogen) atoms. The lowest BCUT2D eigenvalue weighted by Gasteiger charge is -2.35. The molecule has 0 bridgehead atoms. The van der Waals surface area contributed by atoms with Crippen LogP contribution >= 0.6 is 0 Å². The topological polar surface area (TPSA) is 52.2 Å². The van der Waals surface area contributed by atoms with Gasteiger partial charge in [-0.2, -0.15) is 0 Å². The van der Waals surface area contributed by atoms with Crippen molar-refractivity contribution in [3.63, 3.8) is 0 Å². The van der Waals surface area contributed by atoms with Gasteiger partial charge in [-0.25, -0.2) is 4.98 Å². The van der Waals surface area contributed by atoms with Gasteiger partial charge in [0.1, 0.15) is 5.65 Å². The van der Waals surface area contributed by atoms with E-state index in [1.807, 2.05) is 24.2 Å². The van der Waals surface area contributed by atoms with E-state index >= 15 is 0 Å². The molecule has 0 radical (unpaired) electrons. The van der Waals surface area contributed by atoms with Crippen LogP contribution in [0.25, 0.3) is 11.0 Å². The van der Waals surface area contributed by atoms with Gasteiger partial charge in [0.15, 0.2) is 0 Å². The van der Waals surface area contributed by atoms with Crippen molar-refractivity contribution >= 4 is 16.9 Å². The lowest BCUT2D eigenvalue weighted by Crippen LogP contribution is -2.44. The third kappa shape index (κ3) is 2.20. The van der Waals surface area contributed by atoms with Crippen molar-refractivity contribution < 1.29 is 4.79 Å². The third-order valence-corrected chi connectivity index (χ3v) is 5.29. The summed E-state index contributed by atoms with van der Waals surface area (Å²) in [5, 5.41) is 1.25. The van der Waals surface area contributed by atoms with E-state index in [1.165, 1.54) is 10.9 Å². The van der Waals surface area contributed by atoms with Crippen LogP contribution in [0.1, 0.15) is 30.7 Å². The fourth-order valence-electron chi connectivity index (χ4n) is 3.98. The van der Waals surface area contributed by atoms with Gasteiger partial charge in [0, 0.05) is 31.4 Å². The summed E-state index contributed by atoms with van der Waals surface area (Å²) in [5.74, 6) is 0.873. The highest BCUT2D eigenvalue weighted by molar-refractivity contribution is 5.83. The maximum Gasteiger partial charge on any atom is 0.239 e. The lowest BCUT2D eigenvalue weighted by molar-refractivity contribution is -0.131. The van der Waals surface area contributed by atoms with Crippen LogP contribution in [-0.2, 0) is 4.79 Å². The van der Waals surface area contributed by atoms with Gasteiger partial charge in [-0.3, -0.25) is 9.69 Å². The van der Waals surface area contributed by atoms with Crippen LogP contribution in [0, 0.1) is 0 Å². The predicted molar refractivity (Wildman–Crippen MR) is 85.7 cm³/mol. The zero-order chi connectivity index (χ0) is 15.1. The molecule has 116 valence electrons. The number of fused-ring (bicyclic) bond motifs is 1. The van der Waals surface area contributed by atoms with E-state index in [-0.39, 0.29) is 6.04 Å². The maximum absolute atomic E-state index is 12.2. The molecule has 2 saturated heterocycles. The molecular weight excluding hydrogens is 276 g/mol. The summed E-state index contributed by atoms with van der Waals surface area (Å²) in [6.45, 7) is 2.93. The van der Waals surface area contributed by atoms with Gasteiger partial charge < -0.3 is 9.88 Å². The first-order valence-corrected chi connectivity index (χ1v) is 8.15. The number of nitrogens with zero attached hydrogens (tertiary/aromatic N) is 3. The van der Waals surface area contributed by atoms with E-state index in [4.69, 9.17) is 0 Å². The Morgan fingerprint density at radius 1 is 1.23 bits per heavy atom. The number of amides is 1. The molecule has 2 fully saturated rings. The van der Waals surface area contributed by atoms with Gasteiger partial charge in [0.05, 0.1) is 6.04 Å². The maximum atomic E-state index is 12.2. The average molecular weight is 298 g/mol. The molecule has 4 heterocycles. The highest BCUT2D eigenvalue weighted by Crippen LogP contribution is 2.33. The van der Waals surface area contributed by atoms with Gasteiger partial charge in [0.25, 0.3) is 0 Å². The quantitative estimate of drug-likeness (QED) is 0.922. The Hall–Kier alpha value is -1.88. The summed E-state index contributed by atoms with van der Waals surface area (Å²) in [6.07, 6.45) is 7.17. The minimum atomic E-state index is 0.121. The zero-order valence-electron chi connectivity index (χ0n) is 13.0. The zero-order valence-corrected chi connectivity index (χ0v) is 13.0. The van der Waals surface area contributed by atoms with Gasteiger partial charge in [0.2, 0.25) is 5.91 Å². The molecule has 2 aliphatic rings. The van der Waals surface area contributed by atoms with Gasteiger partial charge in [-0.05, 0) is 56.0 Å². The lowest BCUT2D eigenvalue weighted by atomic mass is 9.89. The Balaban J connectivity index is 1.47. The fourth-order valence-corrected chi connectivity index (χ4v) is 3.98. The molecule has 0 aliphatic carbocycles. The Morgan fingerprint density at radius 3 is 2.77 bits per heavy atom. The first-order chi connectivity index (χ1) is 10.7. The molecule has 0 spiro atoms. The number of rotatable bonds is 2. The Bertz CT molecular complexity index is 687. The molecule has 1 unspecified atom stereocenters. The second kappa shape index (κ2) is 5.39. The Labute approximate surface area is 130 Å². The highest BCUT2D eigenvalue weighted by Gasteiger charge is 2.36. The van der Waals surface area contributed by atoms with Crippen molar-refractivity contribution in [2.45, 2.75) is 31.2 Å². The van der Waals surface area contributed by atoms with E-state index in [1.54, 1.807) is 0 Å². The standard InChI is InChI=1S/C17H22N4O/c1-20-8-6-15(17(20)22)21-9-4-12(5-10-21)14-11-19-16-13(14)3-2-7-18-16/h2-3,7,11-12,15H,4-6,8-10H2,1H3,(H,18,19). The van der Waals surface area contributed by atoms with Gasteiger partial charge >= 0.3 is 0 Å². The van der Waals surface area contributed by atoms with Crippen molar-refractivity contribution in [3.05, 3.63) is 30.1 Å². The second-order valence-corrected chi connectivity index (χ2v) is 6.52. The molecule has 0 aromatic carbocycles. The molecule has 1 amide bonds. The van der Waals surface area contributed by atoms with Gasteiger partial charge in [-0.1, -0.05) is 0 Å². The molecule has 4 rings (SSSR count). The normalized spacial score (nSPS) is 24.5. The first kappa shape index (κ1) is 13.8. The number of aromatic nitrogens is 2. The summed E-state index contributed by atoms with van der Waals surface area (Å²) < 4.78 is 0. The number of aromatic amines is 1. The summed E-state index contributed by atoms with van der Waals surface area (Å²) in [4.78, 5) is 24.1. The van der Waals surface area contributed by atoms with Gasteiger partial charge in [-0.15, -0.1) is 0 Å². The third-order valence-electron chi connectivity index (χ3n) is 5.29. The summed E-state index contributed by atoms with van der Waals surface area (Å²) in [7, 11) is 1.91. The molecule has 2 aromatic rings. The molecule has 1 N–H and O–H groups in total. The molecule has 5 heteroatoms. The van der Waals surface area contributed by atoms with Crippen molar-refractivity contribution in [2.75, 3.05) is 26.7 Å². The van der Waals surface area contributed by atoms with E-state index in [9.17, 15) is 4.79 Å². The van der Waals surface area contributed by atoms with Crippen molar-refractivity contribution in [1.29, 1.82) is 0 Å². The number of carbonyl (C=O) groups excluding carboxylic acids is 1. The Kier molecular flexibility index (Phi) is 3.37. The van der Waals surface area contributed by atoms with E-state index in [0.717, 1.165) is 44.5 Å². The van der Waals surface area contributed by atoms with Crippen LogP contribution in [0.3, 0.4) is 0 Å². The predicted octanol–water partition coefficient (Wildman–Crippen LogP) is 1.97. The molecule has 2 aromatic heterocycles. The number of carbonyl (C=O) groups is 1. The minimum absolute atomic E-state index is 0.121. The van der Waals surface area contributed by atoms with Crippen molar-refractivity contribution in [3.8, 4) is 0 Å². The average Bonchev–Trinajstić information content (AvgIpc) is 3.12. The SMILES string of the molecule is CN1CCC(N2CCC(c3c[nH]c4ncccc34)CC2)C1=O. The van der Waals surface area contributed by atoms with E-state index < -0.39 is 0 Å². The van der Waals surface area contributed by atoms with E-state index in [2.05, 4.69) is 27.1 Å². The number of piperidine rings is 1. The smallest absolute Gasteiger partial charge is 0.239 e. The number of H-pyrrole nitrogens is 1. The number of nitrogens with one attached hydrogen (secondary N) is 1. The Morgan fingerprint density at radius 2 is 2.05 bits per heavy atom. The largest absolute Gasteiger partial charge is 0.346 e. The molecule has 2 aliphatic heterocycles. The molecule has 1 atom stereocenters. The number of hydrogen-bond donors (Lipinski definition) is 1. The van der Waals surface area contributed by atoms with Crippen LogP contribution in [0.5, 0.6) is 0 Å². The number of hydrogen-bond acceptors (Lipinski definition) is 3. The second-order valence-electron chi connectivity index (χ2n) is 6.52. The highest BCUT2D eigenvalue weighted by atomic mass is 16.2. The number of likely N-dealkylation sites (N-methyl/N-ethyl adjacent to an activating group) is 1. The summed E-state index contributed by atoms with van der Waals surface area (Å²) >= 11 is 0. The molecular formula is C17H22N4O. The van der Waals surface area contributed by atoms with Crippen molar-refractivity contribution in [2.24, 2.45) is 0 Å². The van der Waals surface area contributed by atoms with Crippen LogP contribution in [0.4, 0.5) is 0 Å². The monoisotopic (exact) mass is 298 g/mol. The molecule has 5 nitrogen and oxygen atoms in total. The number of likely N-dealkylation sites (tertiary alicyclic amines) is 2. The fraction of sp³-hybridized carbons (Fsp3) is 0.529. The minimum Gasteiger partial charge on any atom is -0.346 e. The molecule has 0 saturated carbocycles. The van der Waals surface area contributed by atoms with Crippen LogP contribution in [0.15, 0.2) is 24.5 Å². The van der Waals surface area contributed by atoms with E-state index in [0.29, 0.717) is 11.8 Å². The van der Waals surface area contributed by atoms with Crippen LogP contribution in [-0.4, -0.2) is 58.4 Å². The summed E-state index contributed by atoms with van der Waals surface area (Å²) in [5.41, 5.74) is 2.37. The van der Waals surface area contributed by atoms with Crippen LogP contribution < -0.4 is 0 Å². The first-order valence-electron chi connectivity index (χ1n) is 8.15. The van der Waals surface area contributed by atoms with Crippen LogP contribution in [0.2, 0.25) is 0 Å².